The van der Waals surface area contributed by atoms with E-state index in [-0.39, 0.29) is 0 Å². The van der Waals surface area contributed by atoms with Gasteiger partial charge in [0.05, 0.1) is 44.6 Å². The van der Waals surface area contributed by atoms with Crippen LogP contribution in [0.5, 0.6) is 0 Å². The number of ether oxygens (including phenoxy) is 8. The number of aliphatic hydroxyl groups excluding tert-OH is 13. The Bertz CT molecular complexity index is 1320. The Balaban J connectivity index is 1.47. The molecule has 58 heavy (non-hydrogen) atoms. The van der Waals surface area contributed by atoms with Crippen molar-refractivity contribution in [2.45, 2.75) is 147 Å². The van der Waals surface area contributed by atoms with E-state index in [1.54, 1.807) is 0 Å². The van der Waals surface area contributed by atoms with Crippen LogP contribution in [-0.2, 0) is 47.5 Å². The average molecular weight is 856 g/mol. The highest BCUT2D eigenvalue weighted by Gasteiger charge is 2.57. The Kier molecular flexibility index (Phi) is 17.4. The normalized spacial score (nSPS) is 45.9. The van der Waals surface area contributed by atoms with Crippen molar-refractivity contribution >= 4 is 11.9 Å². The van der Waals surface area contributed by atoms with Gasteiger partial charge in [0.2, 0.25) is 0 Å². The first-order valence-corrected chi connectivity index (χ1v) is 17.8. The van der Waals surface area contributed by atoms with Gasteiger partial charge in [-0.3, -0.25) is 0 Å². The molecule has 0 amide bonds. The number of hydrogen-bond acceptors (Lipinski definition) is 26. The molecule has 0 aromatic rings. The van der Waals surface area contributed by atoms with E-state index in [1.807, 2.05) is 0 Å². The van der Waals surface area contributed by atoms with Gasteiger partial charge >= 0.3 is 11.9 Å². The van der Waals surface area contributed by atoms with E-state index in [2.05, 4.69) is 0 Å². The summed E-state index contributed by atoms with van der Waals surface area (Å²) in [4.78, 5) is 24.5. The molecule has 4 aliphatic rings. The third kappa shape index (κ3) is 10.2. The zero-order valence-electron chi connectivity index (χ0n) is 30.2. The van der Waals surface area contributed by atoms with Gasteiger partial charge in [0.25, 0.3) is 0 Å². The summed E-state index contributed by atoms with van der Waals surface area (Å²) in [5, 5.41) is 154. The fraction of sp³-hybridized carbons (Fsp3) is 0.933. The maximum absolute atomic E-state index is 12.3. The molecule has 0 saturated carbocycles. The fourth-order valence-electron chi connectivity index (χ4n) is 6.68. The van der Waals surface area contributed by atoms with Gasteiger partial charge < -0.3 is 132 Å². The molecular weight excluding hydrogens is 802 g/mol. The smallest absolute Gasteiger partial charge is 0.335 e. The Labute approximate surface area is 326 Å². The highest BCUT2D eigenvalue weighted by atomic mass is 16.8. The van der Waals surface area contributed by atoms with E-state index in [1.165, 1.54) is 0 Å². The van der Waals surface area contributed by atoms with Gasteiger partial charge in [-0.15, -0.1) is 0 Å². The summed E-state index contributed by atoms with van der Waals surface area (Å²) in [6.45, 7) is -3.78. The van der Waals surface area contributed by atoms with Gasteiger partial charge in [-0.05, 0) is 0 Å². The molecule has 4 fully saturated rings. The molecule has 0 aliphatic carbocycles. The minimum Gasteiger partial charge on any atom is -0.479 e. The standard InChI is InChI=1S/C30H53N3O25/c31-5(1-34)11(39)19(6(38)2-35)53-29-17(45)15(43)22(23(57-29)25(47)48)56-28-10(33)14(42)20(8(4-37)52-28)54-30-18(46)16(44)21(24(58-30)26(49)50)55-27-9(32)13(41)12(40)7(3-36)51-27/h5-24,27-30,34-46H,1-4,31-33H2,(H,47,48)(H,49,50)/t5-,6+,7+,8+,9+,10+,11+,12+,13+,14+,15+,16+,17+,18+,19+,20+,21-,22-,23+,24+,27+,28+,29+,30+/m0/s1. The van der Waals surface area contributed by atoms with Crippen molar-refractivity contribution in [3.8, 4) is 0 Å². The van der Waals surface area contributed by atoms with E-state index >= 15 is 0 Å². The Morgan fingerprint density at radius 2 is 1.00 bits per heavy atom. The molecule has 4 rings (SSSR count). The molecule has 0 unspecified atom stereocenters. The topological polar surface area (TPSA) is 489 Å². The Morgan fingerprint density at radius 3 is 1.47 bits per heavy atom. The Hall–Kier alpha value is -2.02. The summed E-state index contributed by atoms with van der Waals surface area (Å²) >= 11 is 0. The van der Waals surface area contributed by atoms with Crippen LogP contribution in [-0.4, -0.2) is 262 Å². The van der Waals surface area contributed by atoms with Crippen LogP contribution in [0.2, 0.25) is 0 Å². The van der Waals surface area contributed by atoms with Crippen LogP contribution in [0.1, 0.15) is 0 Å². The van der Waals surface area contributed by atoms with Crippen LogP contribution in [0.25, 0.3) is 0 Å². The van der Waals surface area contributed by atoms with Crippen LogP contribution in [0, 0.1) is 0 Å². The lowest BCUT2D eigenvalue weighted by Crippen LogP contribution is -2.69. The first-order valence-electron chi connectivity index (χ1n) is 17.8. The number of carboxylic acids is 2. The molecule has 0 radical (unpaired) electrons. The lowest BCUT2D eigenvalue weighted by atomic mass is 9.94. The second-order valence-corrected chi connectivity index (χ2v) is 14.1. The quantitative estimate of drug-likeness (QED) is 0.0646. The molecule has 338 valence electrons. The molecule has 0 bridgehead atoms. The molecule has 24 atom stereocenters. The third-order valence-corrected chi connectivity index (χ3v) is 10.1. The first-order chi connectivity index (χ1) is 27.2. The van der Waals surface area contributed by atoms with Gasteiger partial charge in [0.15, 0.2) is 37.4 Å². The highest BCUT2D eigenvalue weighted by Crippen LogP contribution is 2.34. The number of carbonyl (C=O) groups is 2. The fourth-order valence-corrected chi connectivity index (χ4v) is 6.68. The van der Waals surface area contributed by atoms with Gasteiger partial charge in [0.1, 0.15) is 91.6 Å². The van der Waals surface area contributed by atoms with Gasteiger partial charge in [-0.25, -0.2) is 9.59 Å². The van der Waals surface area contributed by atoms with E-state index in [9.17, 15) is 86.2 Å². The number of aliphatic carboxylic acids is 2. The van der Waals surface area contributed by atoms with E-state index in [0.29, 0.717) is 0 Å². The van der Waals surface area contributed by atoms with Gasteiger partial charge in [0, 0.05) is 0 Å². The molecule has 28 nitrogen and oxygen atoms in total. The lowest BCUT2D eigenvalue weighted by Gasteiger charge is -2.49. The molecular formula is C30H53N3O25. The average Bonchev–Trinajstić information content (AvgIpc) is 3.20. The lowest BCUT2D eigenvalue weighted by molar-refractivity contribution is -0.372. The number of carboxylic acid groups (broad SMARTS) is 2. The number of nitrogens with two attached hydrogens (primary N) is 3. The summed E-state index contributed by atoms with van der Waals surface area (Å²) in [6, 6.07) is -4.83. The monoisotopic (exact) mass is 855 g/mol. The number of aliphatic hydroxyl groups is 13. The molecule has 21 N–H and O–H groups in total. The summed E-state index contributed by atoms with van der Waals surface area (Å²) < 4.78 is 43.4. The van der Waals surface area contributed by atoms with E-state index in [4.69, 9.17) is 55.1 Å². The predicted octanol–water partition coefficient (Wildman–Crippen LogP) is -12.2. The largest absolute Gasteiger partial charge is 0.479 e. The maximum atomic E-state index is 12.3. The molecule has 28 heteroatoms. The Morgan fingerprint density at radius 1 is 0.552 bits per heavy atom. The van der Waals surface area contributed by atoms with Crippen molar-refractivity contribution in [2.24, 2.45) is 17.2 Å². The molecule has 0 spiro atoms. The van der Waals surface area contributed by atoms with Crippen LogP contribution in [0.4, 0.5) is 0 Å². The van der Waals surface area contributed by atoms with Crippen molar-refractivity contribution in [1.82, 2.24) is 0 Å². The second kappa shape index (κ2) is 20.7. The molecule has 0 aromatic heterocycles. The van der Waals surface area contributed by atoms with Crippen LogP contribution >= 0.6 is 0 Å². The predicted molar refractivity (Wildman–Crippen MR) is 176 cm³/mol. The van der Waals surface area contributed by atoms with Crippen LogP contribution in [0.15, 0.2) is 0 Å². The van der Waals surface area contributed by atoms with Crippen LogP contribution < -0.4 is 17.2 Å². The van der Waals surface area contributed by atoms with Crippen molar-refractivity contribution in [3.05, 3.63) is 0 Å². The van der Waals surface area contributed by atoms with E-state index in [0.717, 1.165) is 0 Å². The second-order valence-electron chi connectivity index (χ2n) is 14.1. The summed E-state index contributed by atoms with van der Waals surface area (Å²) in [7, 11) is 0. The SMILES string of the molecule is N[C@H]1[C@@H](O[C@H]2[C@H](O)[C@@H](O)[C@H](O[C@H]3[C@H](O)[C@@H](N)[C@@H](O[C@H]4[C@H](O)[C@@H](O)[C@H](O[C@@H]([C@H](O)[C@@H](N)CO)[C@H](O)CO)O[C@H]4C(=O)O)O[C@@H]3CO)O[C@H]2C(=O)O)O[C@H](CO)[C@@H](O)[C@@H]1O. The zero-order valence-corrected chi connectivity index (χ0v) is 30.2. The minimum atomic E-state index is -2.27. The summed E-state index contributed by atoms with van der Waals surface area (Å²) in [5.74, 6) is -3.66. The number of hydrogen-bond donors (Lipinski definition) is 18. The number of rotatable bonds is 17. The van der Waals surface area contributed by atoms with Gasteiger partial charge in [-0.2, -0.15) is 0 Å². The van der Waals surface area contributed by atoms with Gasteiger partial charge in [-0.1, -0.05) is 0 Å². The van der Waals surface area contributed by atoms with Crippen molar-refractivity contribution in [1.29, 1.82) is 0 Å². The molecule has 4 saturated heterocycles. The zero-order chi connectivity index (χ0) is 43.5. The molecule has 4 heterocycles. The van der Waals surface area contributed by atoms with Crippen molar-refractivity contribution in [3.63, 3.8) is 0 Å². The van der Waals surface area contributed by atoms with Crippen molar-refractivity contribution < 1.29 is 124 Å². The van der Waals surface area contributed by atoms with Crippen LogP contribution in [0.3, 0.4) is 0 Å². The van der Waals surface area contributed by atoms with E-state index < -0.39 is 185 Å². The summed E-state index contributed by atoms with van der Waals surface area (Å²) in [6.07, 6.45) is -41.7. The molecule has 4 aliphatic heterocycles. The highest BCUT2D eigenvalue weighted by molar-refractivity contribution is 5.74. The molecule has 0 aromatic carbocycles. The minimum absolute atomic E-state index is 0.833. The summed E-state index contributed by atoms with van der Waals surface area (Å²) in [5.41, 5.74) is 17.5. The van der Waals surface area contributed by atoms with Crippen molar-refractivity contribution in [2.75, 3.05) is 26.4 Å². The first kappa shape index (κ1) is 48.6. The maximum Gasteiger partial charge on any atom is 0.335 e. The third-order valence-electron chi connectivity index (χ3n) is 10.1.